The highest BCUT2D eigenvalue weighted by molar-refractivity contribution is 7.92. The van der Waals surface area contributed by atoms with E-state index in [1.807, 2.05) is 29.0 Å². The van der Waals surface area contributed by atoms with Crippen molar-refractivity contribution in [1.29, 1.82) is 0 Å². The highest BCUT2D eigenvalue weighted by Crippen LogP contribution is 2.39. The van der Waals surface area contributed by atoms with Gasteiger partial charge in [0, 0.05) is 17.6 Å². The van der Waals surface area contributed by atoms with Gasteiger partial charge in [-0.3, -0.25) is 4.72 Å². The second-order valence-corrected chi connectivity index (χ2v) is 7.91. The van der Waals surface area contributed by atoms with E-state index in [-0.39, 0.29) is 11.7 Å². The molecule has 0 spiro atoms. The van der Waals surface area contributed by atoms with E-state index >= 15 is 0 Å². The van der Waals surface area contributed by atoms with Gasteiger partial charge in [-0.2, -0.15) is 13.2 Å². The van der Waals surface area contributed by atoms with Crippen molar-refractivity contribution in [2.45, 2.75) is 24.6 Å². The quantitative estimate of drug-likeness (QED) is 0.847. The summed E-state index contributed by atoms with van der Waals surface area (Å²) in [6.07, 6.45) is -3.82. The minimum Gasteiger partial charge on any atom is -0.327 e. The summed E-state index contributed by atoms with van der Waals surface area (Å²) in [4.78, 5) is 0. The Morgan fingerprint density at radius 3 is 2.28 bits per heavy atom. The van der Waals surface area contributed by atoms with Crippen molar-refractivity contribution < 1.29 is 21.6 Å². The molecule has 0 heterocycles. The largest absolute Gasteiger partial charge is 0.404 e. The lowest BCUT2D eigenvalue weighted by atomic mass is 10.0. The SMILES string of the molecule is NC1CC1c1ccc(-c2cccc(NS(=O)(=O)CC(F)(F)F)c2)cc1. The van der Waals surface area contributed by atoms with Crippen molar-refractivity contribution in [3.63, 3.8) is 0 Å². The Kier molecular flexibility index (Phi) is 4.51. The van der Waals surface area contributed by atoms with Gasteiger partial charge >= 0.3 is 6.18 Å². The summed E-state index contributed by atoms with van der Waals surface area (Å²) in [7, 11) is -4.50. The predicted octanol–water partition coefficient (Wildman–Crippen LogP) is 3.47. The van der Waals surface area contributed by atoms with Crippen LogP contribution in [0, 0.1) is 0 Å². The van der Waals surface area contributed by atoms with Crippen LogP contribution in [-0.2, 0) is 10.0 Å². The van der Waals surface area contributed by atoms with Crippen molar-refractivity contribution in [3.8, 4) is 11.1 Å². The van der Waals surface area contributed by atoms with Crippen LogP contribution < -0.4 is 10.5 Å². The fourth-order valence-electron chi connectivity index (χ4n) is 2.71. The van der Waals surface area contributed by atoms with Gasteiger partial charge in [0.25, 0.3) is 0 Å². The van der Waals surface area contributed by atoms with Crippen LogP contribution in [0.2, 0.25) is 0 Å². The molecule has 3 N–H and O–H groups in total. The highest BCUT2D eigenvalue weighted by atomic mass is 32.2. The number of hydrogen-bond donors (Lipinski definition) is 2. The number of nitrogens with two attached hydrogens (primary N) is 1. The summed E-state index contributed by atoms with van der Waals surface area (Å²) in [5, 5.41) is 0. The molecule has 0 radical (unpaired) electrons. The Morgan fingerprint density at radius 2 is 1.72 bits per heavy atom. The topological polar surface area (TPSA) is 72.2 Å². The number of rotatable bonds is 5. The summed E-state index contributed by atoms with van der Waals surface area (Å²) < 4.78 is 62.0. The molecule has 0 aromatic heterocycles. The molecule has 1 saturated carbocycles. The van der Waals surface area contributed by atoms with Crippen LogP contribution in [-0.4, -0.2) is 26.4 Å². The summed E-state index contributed by atoms with van der Waals surface area (Å²) >= 11 is 0. The third-order valence-corrected chi connectivity index (χ3v) is 5.26. The number of hydrogen-bond acceptors (Lipinski definition) is 3. The van der Waals surface area contributed by atoms with Crippen molar-refractivity contribution >= 4 is 15.7 Å². The summed E-state index contributed by atoms with van der Waals surface area (Å²) in [5.74, 6) is -1.53. The van der Waals surface area contributed by atoms with Crippen LogP contribution in [0.3, 0.4) is 0 Å². The standard InChI is InChI=1S/C17H17F3N2O2S/c18-17(19,20)10-25(23,24)22-14-3-1-2-13(8-14)11-4-6-12(7-5-11)15-9-16(15)21/h1-8,15-16,22H,9-10,21H2. The van der Waals surface area contributed by atoms with Crippen LogP contribution in [0.1, 0.15) is 17.9 Å². The molecule has 2 unspecified atom stereocenters. The first-order valence-corrected chi connectivity index (χ1v) is 9.31. The molecule has 8 heteroatoms. The summed E-state index contributed by atoms with van der Waals surface area (Å²) in [6.45, 7) is 0. The third kappa shape index (κ3) is 4.73. The number of sulfonamides is 1. The van der Waals surface area contributed by atoms with Gasteiger partial charge in [0.1, 0.15) is 0 Å². The first-order valence-electron chi connectivity index (χ1n) is 7.66. The Morgan fingerprint density at radius 1 is 1.08 bits per heavy atom. The molecular formula is C17H17F3N2O2S. The smallest absolute Gasteiger partial charge is 0.327 e. The number of benzene rings is 2. The molecule has 0 saturated heterocycles. The third-order valence-electron chi connectivity index (χ3n) is 4.00. The lowest BCUT2D eigenvalue weighted by Crippen LogP contribution is -2.27. The number of alkyl halides is 3. The Hall–Kier alpha value is -2.06. The Balaban J connectivity index is 1.77. The van der Waals surface area contributed by atoms with Crippen molar-refractivity contribution in [2.75, 3.05) is 10.5 Å². The summed E-state index contributed by atoms with van der Waals surface area (Å²) in [6, 6.07) is 14.2. The average Bonchev–Trinajstić information content (AvgIpc) is 3.21. The van der Waals surface area contributed by atoms with Gasteiger partial charge in [-0.1, -0.05) is 36.4 Å². The zero-order valence-electron chi connectivity index (χ0n) is 13.1. The van der Waals surface area contributed by atoms with Crippen LogP contribution in [0.5, 0.6) is 0 Å². The van der Waals surface area contributed by atoms with Crippen LogP contribution in [0.15, 0.2) is 48.5 Å². The van der Waals surface area contributed by atoms with E-state index < -0.39 is 22.0 Å². The second kappa shape index (κ2) is 6.34. The Bertz CT molecular complexity index is 864. The van der Waals surface area contributed by atoms with E-state index in [0.29, 0.717) is 11.5 Å². The van der Waals surface area contributed by atoms with Gasteiger partial charge in [0.15, 0.2) is 5.75 Å². The maximum absolute atomic E-state index is 12.3. The molecule has 0 bridgehead atoms. The fraction of sp³-hybridized carbons (Fsp3) is 0.294. The lowest BCUT2D eigenvalue weighted by Gasteiger charge is -2.11. The number of halogens is 3. The zero-order chi connectivity index (χ0) is 18.2. The van der Waals surface area contributed by atoms with Crippen LogP contribution in [0.25, 0.3) is 11.1 Å². The molecule has 2 atom stereocenters. The van der Waals surface area contributed by atoms with E-state index in [4.69, 9.17) is 5.73 Å². The first kappa shape index (κ1) is 17.8. The normalized spacial score (nSPS) is 20.3. The number of anilines is 1. The molecule has 1 aliphatic rings. The number of nitrogens with one attached hydrogen (secondary N) is 1. The van der Waals surface area contributed by atoms with E-state index in [2.05, 4.69) is 0 Å². The molecular weight excluding hydrogens is 353 g/mol. The first-order chi connectivity index (χ1) is 11.6. The molecule has 2 aromatic carbocycles. The van der Waals surface area contributed by atoms with Crippen molar-refractivity contribution in [1.82, 2.24) is 0 Å². The van der Waals surface area contributed by atoms with E-state index in [9.17, 15) is 21.6 Å². The fourth-order valence-corrected chi connectivity index (χ4v) is 3.70. The zero-order valence-corrected chi connectivity index (χ0v) is 13.9. The van der Waals surface area contributed by atoms with E-state index in [1.54, 1.807) is 12.1 Å². The monoisotopic (exact) mass is 370 g/mol. The molecule has 0 aliphatic heterocycles. The van der Waals surface area contributed by atoms with Gasteiger partial charge in [0.2, 0.25) is 10.0 Å². The van der Waals surface area contributed by atoms with Crippen molar-refractivity contribution in [2.24, 2.45) is 5.73 Å². The second-order valence-electron chi connectivity index (χ2n) is 6.19. The maximum atomic E-state index is 12.3. The minimum absolute atomic E-state index is 0.0926. The van der Waals surface area contributed by atoms with Gasteiger partial charge in [-0.15, -0.1) is 0 Å². The molecule has 1 aliphatic carbocycles. The minimum atomic E-state index is -4.79. The van der Waals surface area contributed by atoms with Gasteiger partial charge in [-0.05, 0) is 35.2 Å². The van der Waals surface area contributed by atoms with E-state index in [0.717, 1.165) is 17.5 Å². The predicted molar refractivity (Wildman–Crippen MR) is 90.7 cm³/mol. The van der Waals surface area contributed by atoms with E-state index in [1.165, 1.54) is 12.1 Å². The van der Waals surface area contributed by atoms with Gasteiger partial charge < -0.3 is 5.73 Å². The molecule has 134 valence electrons. The van der Waals surface area contributed by atoms with Crippen LogP contribution >= 0.6 is 0 Å². The van der Waals surface area contributed by atoms with Gasteiger partial charge in [0.05, 0.1) is 0 Å². The molecule has 3 rings (SSSR count). The molecule has 1 fully saturated rings. The van der Waals surface area contributed by atoms with Gasteiger partial charge in [-0.25, -0.2) is 8.42 Å². The summed E-state index contributed by atoms with van der Waals surface area (Å²) in [5.41, 5.74) is 8.62. The average molecular weight is 370 g/mol. The maximum Gasteiger partial charge on any atom is 0.404 e. The molecule has 25 heavy (non-hydrogen) atoms. The van der Waals surface area contributed by atoms with Crippen LogP contribution in [0.4, 0.5) is 18.9 Å². The molecule has 0 amide bonds. The highest BCUT2D eigenvalue weighted by Gasteiger charge is 2.35. The molecule has 2 aromatic rings. The lowest BCUT2D eigenvalue weighted by molar-refractivity contribution is -0.106. The van der Waals surface area contributed by atoms with Crippen molar-refractivity contribution in [3.05, 3.63) is 54.1 Å². The Labute approximate surface area is 143 Å². The molecule has 4 nitrogen and oxygen atoms in total.